The van der Waals surface area contributed by atoms with Gasteiger partial charge in [0.05, 0.1) is 4.92 Å². The molecule has 2 rings (SSSR count). The molecule has 0 bridgehead atoms. The first-order chi connectivity index (χ1) is 9.99. The largest absolute Gasteiger partial charge is 0.336 e. The standard InChI is InChI=1S/C13H8Cl2N2O4/c14-12-9(5-18)11(10(6-19)13(15)16-12)7-2-1-3-8(4-7)17(20)21/h1-6,11,16H. The molecule has 1 N–H and O–H groups in total. The van der Waals surface area contributed by atoms with Gasteiger partial charge in [-0.3, -0.25) is 19.7 Å². The first-order valence-corrected chi connectivity index (χ1v) is 6.46. The molecular formula is C13H8Cl2N2O4. The van der Waals surface area contributed by atoms with Crippen LogP contribution in [0.3, 0.4) is 0 Å². The van der Waals surface area contributed by atoms with Gasteiger partial charge in [0, 0.05) is 29.2 Å². The summed E-state index contributed by atoms with van der Waals surface area (Å²) in [7, 11) is 0. The van der Waals surface area contributed by atoms with E-state index >= 15 is 0 Å². The van der Waals surface area contributed by atoms with Crippen molar-refractivity contribution < 1.29 is 14.5 Å². The zero-order chi connectivity index (χ0) is 15.6. The van der Waals surface area contributed by atoms with E-state index in [1.807, 2.05) is 0 Å². The van der Waals surface area contributed by atoms with E-state index in [2.05, 4.69) is 5.32 Å². The Balaban J connectivity index is 2.63. The molecule has 1 aliphatic rings. The molecule has 0 spiro atoms. The minimum absolute atomic E-state index is 0.0166. The van der Waals surface area contributed by atoms with Gasteiger partial charge >= 0.3 is 0 Å². The molecule has 0 aromatic heterocycles. The van der Waals surface area contributed by atoms with E-state index in [-0.39, 0.29) is 27.1 Å². The van der Waals surface area contributed by atoms with Gasteiger partial charge in [0.2, 0.25) is 0 Å². The van der Waals surface area contributed by atoms with Crippen LogP contribution in [0, 0.1) is 10.1 Å². The van der Waals surface area contributed by atoms with Crippen molar-refractivity contribution in [1.29, 1.82) is 0 Å². The van der Waals surface area contributed by atoms with Gasteiger partial charge in [0.25, 0.3) is 5.69 Å². The quantitative estimate of drug-likeness (QED) is 0.397. The molecule has 0 saturated carbocycles. The van der Waals surface area contributed by atoms with Gasteiger partial charge in [-0.2, -0.15) is 0 Å². The molecule has 0 unspecified atom stereocenters. The zero-order valence-corrected chi connectivity index (χ0v) is 11.9. The van der Waals surface area contributed by atoms with Gasteiger partial charge in [0.15, 0.2) is 0 Å². The third-order valence-corrected chi connectivity index (χ3v) is 3.64. The molecule has 8 heteroatoms. The first kappa shape index (κ1) is 15.2. The van der Waals surface area contributed by atoms with Crippen LogP contribution in [-0.4, -0.2) is 17.5 Å². The normalized spacial score (nSPS) is 15.7. The number of nitrogens with one attached hydrogen (secondary N) is 1. The number of rotatable bonds is 4. The van der Waals surface area contributed by atoms with Gasteiger partial charge in [0.1, 0.15) is 22.9 Å². The Labute approximate surface area is 129 Å². The van der Waals surface area contributed by atoms with Crippen LogP contribution in [0.25, 0.3) is 0 Å². The first-order valence-electron chi connectivity index (χ1n) is 5.70. The van der Waals surface area contributed by atoms with E-state index in [9.17, 15) is 19.7 Å². The maximum atomic E-state index is 11.2. The van der Waals surface area contributed by atoms with Crippen LogP contribution in [0.1, 0.15) is 11.5 Å². The molecule has 0 fully saturated rings. The summed E-state index contributed by atoms with van der Waals surface area (Å²) in [6.07, 6.45) is 0.983. The van der Waals surface area contributed by atoms with Crippen molar-refractivity contribution in [2.45, 2.75) is 5.92 Å². The lowest BCUT2D eigenvalue weighted by Crippen LogP contribution is -2.23. The minimum atomic E-state index is -0.846. The van der Waals surface area contributed by atoms with E-state index in [4.69, 9.17) is 23.2 Å². The second kappa shape index (κ2) is 6.07. The number of hydrogen-bond acceptors (Lipinski definition) is 5. The average molecular weight is 327 g/mol. The Morgan fingerprint density at radius 2 is 1.71 bits per heavy atom. The highest BCUT2D eigenvalue weighted by molar-refractivity contribution is 6.35. The van der Waals surface area contributed by atoms with Crippen molar-refractivity contribution in [3.8, 4) is 0 Å². The molecule has 0 saturated heterocycles. The Hall–Kier alpha value is -2.18. The molecule has 1 aromatic rings. The summed E-state index contributed by atoms with van der Waals surface area (Å²) in [5.41, 5.74) is 0.396. The van der Waals surface area contributed by atoms with Gasteiger partial charge in [-0.1, -0.05) is 35.3 Å². The number of benzene rings is 1. The van der Waals surface area contributed by atoms with E-state index in [0.29, 0.717) is 18.1 Å². The molecule has 21 heavy (non-hydrogen) atoms. The van der Waals surface area contributed by atoms with Crippen molar-refractivity contribution in [2.75, 3.05) is 0 Å². The molecule has 0 atom stereocenters. The Bertz CT molecular complexity index is 667. The van der Waals surface area contributed by atoms with Gasteiger partial charge in [-0.15, -0.1) is 0 Å². The van der Waals surface area contributed by atoms with E-state index in [0.717, 1.165) is 0 Å². The lowest BCUT2D eigenvalue weighted by Gasteiger charge is -2.25. The summed E-state index contributed by atoms with van der Waals surface area (Å²) >= 11 is 11.8. The summed E-state index contributed by atoms with van der Waals surface area (Å²) in [6, 6.07) is 5.60. The minimum Gasteiger partial charge on any atom is -0.336 e. The van der Waals surface area contributed by atoms with Crippen molar-refractivity contribution in [2.24, 2.45) is 0 Å². The highest BCUT2D eigenvalue weighted by Gasteiger charge is 2.31. The molecule has 108 valence electrons. The molecule has 0 radical (unpaired) electrons. The molecular weight excluding hydrogens is 319 g/mol. The van der Waals surface area contributed by atoms with Crippen LogP contribution in [0.4, 0.5) is 5.69 Å². The van der Waals surface area contributed by atoms with Crippen molar-refractivity contribution in [3.05, 3.63) is 61.4 Å². The lowest BCUT2D eigenvalue weighted by atomic mass is 9.84. The van der Waals surface area contributed by atoms with Gasteiger partial charge < -0.3 is 5.32 Å². The van der Waals surface area contributed by atoms with E-state index in [1.54, 1.807) is 6.07 Å². The predicted molar refractivity (Wildman–Crippen MR) is 76.9 cm³/mol. The fourth-order valence-corrected chi connectivity index (χ4v) is 2.62. The number of nitro groups is 1. The number of non-ortho nitro benzene ring substituents is 1. The Morgan fingerprint density at radius 1 is 1.14 bits per heavy atom. The van der Waals surface area contributed by atoms with E-state index < -0.39 is 10.8 Å². The smallest absolute Gasteiger partial charge is 0.269 e. The summed E-state index contributed by atoms with van der Waals surface area (Å²) in [5, 5.41) is 13.3. The number of carbonyl (C=O) groups excluding carboxylic acids is 2. The topological polar surface area (TPSA) is 89.3 Å². The third kappa shape index (κ3) is 2.81. The number of allylic oxidation sites excluding steroid dienone is 2. The number of aldehydes is 2. The van der Waals surface area contributed by atoms with Gasteiger partial charge in [-0.05, 0) is 5.56 Å². The summed E-state index contributed by atoms with van der Waals surface area (Å²) < 4.78 is 0. The number of nitro benzene ring substituents is 1. The van der Waals surface area contributed by atoms with E-state index in [1.165, 1.54) is 18.2 Å². The maximum absolute atomic E-state index is 11.2. The van der Waals surface area contributed by atoms with Crippen molar-refractivity contribution >= 4 is 41.5 Å². The molecule has 1 heterocycles. The van der Waals surface area contributed by atoms with Crippen LogP contribution in [-0.2, 0) is 9.59 Å². The summed E-state index contributed by atoms with van der Waals surface area (Å²) in [6.45, 7) is 0. The van der Waals surface area contributed by atoms with Crippen LogP contribution >= 0.6 is 23.2 Å². The number of nitrogens with zero attached hydrogens (tertiary/aromatic N) is 1. The van der Waals surface area contributed by atoms with Gasteiger partial charge in [-0.25, -0.2) is 0 Å². The van der Waals surface area contributed by atoms with Crippen LogP contribution in [0.2, 0.25) is 0 Å². The molecule has 6 nitrogen and oxygen atoms in total. The third-order valence-electron chi connectivity index (χ3n) is 3.02. The maximum Gasteiger partial charge on any atom is 0.269 e. The van der Waals surface area contributed by atoms with Crippen molar-refractivity contribution in [3.63, 3.8) is 0 Å². The highest BCUT2D eigenvalue weighted by Crippen LogP contribution is 2.38. The SMILES string of the molecule is O=CC1=C(Cl)NC(Cl)=C(C=O)C1c1cccc([N+](=O)[O-])c1. The Kier molecular flexibility index (Phi) is 4.40. The number of carbonyl (C=O) groups is 2. The number of halogens is 2. The monoisotopic (exact) mass is 326 g/mol. The lowest BCUT2D eigenvalue weighted by molar-refractivity contribution is -0.384. The zero-order valence-electron chi connectivity index (χ0n) is 10.4. The average Bonchev–Trinajstić information content (AvgIpc) is 2.46. The summed E-state index contributed by atoms with van der Waals surface area (Å²) in [4.78, 5) is 32.8. The van der Waals surface area contributed by atoms with Crippen LogP contribution in [0.5, 0.6) is 0 Å². The second-order valence-corrected chi connectivity index (χ2v) is 4.94. The number of dihydropyridines is 1. The molecule has 0 amide bonds. The second-order valence-electron chi connectivity index (χ2n) is 4.18. The predicted octanol–water partition coefficient (Wildman–Crippen LogP) is 2.58. The number of hydrogen-bond donors (Lipinski definition) is 1. The fourth-order valence-electron chi connectivity index (χ4n) is 2.08. The highest BCUT2D eigenvalue weighted by atomic mass is 35.5. The molecule has 1 aliphatic heterocycles. The molecule has 0 aliphatic carbocycles. The molecule has 1 aromatic carbocycles. The van der Waals surface area contributed by atoms with Crippen molar-refractivity contribution in [1.82, 2.24) is 5.32 Å². The fraction of sp³-hybridized carbons (Fsp3) is 0.0769. The summed E-state index contributed by atoms with van der Waals surface area (Å²) in [5.74, 6) is -0.846. The van der Waals surface area contributed by atoms with Crippen LogP contribution in [0.15, 0.2) is 45.7 Å². The Morgan fingerprint density at radius 3 is 2.19 bits per heavy atom. The van der Waals surface area contributed by atoms with Crippen LogP contribution < -0.4 is 5.32 Å².